The smallest absolute Gasteiger partial charge is 0.410 e. The number of aromatic nitrogens is 1. The second-order valence-corrected chi connectivity index (χ2v) is 9.85. The van der Waals surface area contributed by atoms with Crippen LogP contribution in [0.5, 0.6) is 0 Å². The molecule has 0 radical (unpaired) electrons. The Hall–Kier alpha value is -2.93. The normalized spacial score (nSPS) is 13.7. The number of rotatable bonds is 3. The molecule has 4 rings (SSSR count). The molecular weight excluding hydrogens is 410 g/mol. The van der Waals surface area contributed by atoms with Gasteiger partial charge < -0.3 is 15.0 Å². The van der Waals surface area contributed by atoms with Crippen LogP contribution in [-0.2, 0) is 29.0 Å². The molecule has 1 aromatic heterocycles. The van der Waals surface area contributed by atoms with Crippen molar-refractivity contribution < 1.29 is 14.3 Å². The predicted molar refractivity (Wildman–Crippen MR) is 123 cm³/mol. The van der Waals surface area contributed by atoms with Crippen LogP contribution in [0.2, 0.25) is 0 Å². The lowest BCUT2D eigenvalue weighted by atomic mass is 9.92. The summed E-state index contributed by atoms with van der Waals surface area (Å²) in [5, 5.41) is 3.85. The first kappa shape index (κ1) is 21.3. The van der Waals surface area contributed by atoms with E-state index in [1.807, 2.05) is 39.0 Å². The maximum absolute atomic E-state index is 12.6. The largest absolute Gasteiger partial charge is 0.444 e. The average Bonchev–Trinajstić information content (AvgIpc) is 3.14. The fourth-order valence-corrected chi connectivity index (χ4v) is 4.72. The summed E-state index contributed by atoms with van der Waals surface area (Å²) in [6.45, 7) is 8.68. The van der Waals surface area contributed by atoms with Gasteiger partial charge in [0.15, 0.2) is 0 Å². The number of para-hydroxylation sites is 1. The first-order chi connectivity index (χ1) is 14.7. The van der Waals surface area contributed by atoms with Crippen molar-refractivity contribution in [1.82, 2.24) is 15.2 Å². The highest BCUT2D eigenvalue weighted by atomic mass is 32.1. The van der Waals surface area contributed by atoms with Crippen LogP contribution in [0.4, 0.5) is 4.79 Å². The quantitative estimate of drug-likeness (QED) is 0.633. The lowest BCUT2D eigenvalue weighted by Crippen LogP contribution is -2.40. The van der Waals surface area contributed by atoms with E-state index in [1.165, 1.54) is 12.5 Å². The van der Waals surface area contributed by atoms with Crippen LogP contribution in [0.1, 0.15) is 44.4 Å². The monoisotopic (exact) mass is 437 g/mol. The summed E-state index contributed by atoms with van der Waals surface area (Å²) < 4.78 is 6.71. The fourth-order valence-electron chi connectivity index (χ4n) is 3.77. The van der Waals surface area contributed by atoms with E-state index < -0.39 is 5.60 Å². The molecule has 0 unspecified atom stereocenters. The second kappa shape index (κ2) is 8.30. The first-order valence-corrected chi connectivity index (χ1v) is 11.2. The Morgan fingerprint density at radius 3 is 2.71 bits per heavy atom. The molecular formula is C24H27N3O3S. The minimum Gasteiger partial charge on any atom is -0.444 e. The van der Waals surface area contributed by atoms with E-state index in [-0.39, 0.29) is 12.0 Å². The number of nitrogens with zero attached hydrogens (tertiary/aromatic N) is 2. The fraction of sp³-hybridized carbons (Fsp3) is 0.375. The van der Waals surface area contributed by atoms with Crippen molar-refractivity contribution in [3.05, 3.63) is 53.1 Å². The standard InChI is InChI=1S/C24H27N3O3S/c1-15(28)25-13-17-11-16(22-26-20-7-5-6-8-21(20)31-22)12-18-14-27(10-9-19(17)18)23(29)30-24(2,3)4/h5-8,11-12H,9-10,13-14H2,1-4H3,(H,25,28). The van der Waals surface area contributed by atoms with Crippen molar-refractivity contribution in [3.63, 3.8) is 0 Å². The molecule has 1 N–H and O–H groups in total. The van der Waals surface area contributed by atoms with Gasteiger partial charge in [0.25, 0.3) is 0 Å². The lowest BCUT2D eigenvalue weighted by Gasteiger charge is -2.32. The molecule has 1 aliphatic rings. The molecule has 1 aliphatic heterocycles. The van der Waals surface area contributed by atoms with Gasteiger partial charge in [0.1, 0.15) is 10.6 Å². The number of carbonyl (C=O) groups excluding carboxylic acids is 2. The summed E-state index contributed by atoms with van der Waals surface area (Å²) in [6, 6.07) is 12.3. The molecule has 3 aromatic rings. The minimum absolute atomic E-state index is 0.0645. The Bertz CT molecular complexity index is 1110. The Labute approximate surface area is 186 Å². The summed E-state index contributed by atoms with van der Waals surface area (Å²) >= 11 is 1.65. The lowest BCUT2D eigenvalue weighted by molar-refractivity contribution is -0.119. The molecule has 162 valence electrons. The van der Waals surface area contributed by atoms with E-state index in [2.05, 4.69) is 23.5 Å². The van der Waals surface area contributed by atoms with Crippen LogP contribution in [-0.4, -0.2) is 34.0 Å². The minimum atomic E-state index is -0.531. The number of carbonyl (C=O) groups is 2. The number of fused-ring (bicyclic) bond motifs is 2. The molecule has 0 spiro atoms. The third kappa shape index (κ3) is 4.88. The van der Waals surface area contributed by atoms with Gasteiger partial charge in [-0.3, -0.25) is 4.79 Å². The third-order valence-electron chi connectivity index (χ3n) is 5.15. The number of hydrogen-bond acceptors (Lipinski definition) is 5. The SMILES string of the molecule is CC(=O)NCc1cc(-c2nc3ccccc3s2)cc2c1CCN(C(=O)OC(C)(C)C)C2. The molecule has 6 nitrogen and oxygen atoms in total. The maximum atomic E-state index is 12.6. The van der Waals surface area contributed by atoms with Crippen molar-refractivity contribution in [2.75, 3.05) is 6.54 Å². The van der Waals surface area contributed by atoms with Gasteiger partial charge in [-0.15, -0.1) is 11.3 Å². The maximum Gasteiger partial charge on any atom is 0.410 e. The van der Waals surface area contributed by atoms with E-state index in [4.69, 9.17) is 9.72 Å². The van der Waals surface area contributed by atoms with Crippen LogP contribution >= 0.6 is 11.3 Å². The van der Waals surface area contributed by atoms with Crippen LogP contribution in [0, 0.1) is 0 Å². The predicted octanol–water partition coefficient (Wildman–Crippen LogP) is 4.89. The Morgan fingerprint density at radius 2 is 2.00 bits per heavy atom. The highest BCUT2D eigenvalue weighted by Gasteiger charge is 2.27. The van der Waals surface area contributed by atoms with Gasteiger partial charge in [-0.25, -0.2) is 9.78 Å². The van der Waals surface area contributed by atoms with Gasteiger partial charge in [0.05, 0.1) is 10.2 Å². The zero-order chi connectivity index (χ0) is 22.2. The molecule has 2 amide bonds. The van der Waals surface area contributed by atoms with E-state index in [1.54, 1.807) is 16.2 Å². The van der Waals surface area contributed by atoms with Gasteiger partial charge in [0, 0.05) is 32.1 Å². The van der Waals surface area contributed by atoms with Crippen LogP contribution in [0.25, 0.3) is 20.8 Å². The molecule has 0 aliphatic carbocycles. The van der Waals surface area contributed by atoms with Crippen molar-refractivity contribution in [3.8, 4) is 10.6 Å². The van der Waals surface area contributed by atoms with Gasteiger partial charge >= 0.3 is 6.09 Å². The van der Waals surface area contributed by atoms with E-state index in [0.29, 0.717) is 19.6 Å². The Balaban J connectivity index is 1.71. The molecule has 2 heterocycles. The van der Waals surface area contributed by atoms with Crippen molar-refractivity contribution in [1.29, 1.82) is 0 Å². The molecule has 0 fully saturated rings. The number of hydrogen-bond donors (Lipinski definition) is 1. The summed E-state index contributed by atoms with van der Waals surface area (Å²) in [5.41, 5.74) is 4.79. The molecule has 0 saturated heterocycles. The van der Waals surface area contributed by atoms with Gasteiger partial charge in [-0.1, -0.05) is 12.1 Å². The summed E-state index contributed by atoms with van der Waals surface area (Å²) in [6.07, 6.45) is 0.427. The molecule has 0 bridgehead atoms. The van der Waals surface area contributed by atoms with Crippen LogP contribution in [0.3, 0.4) is 0 Å². The Kier molecular flexibility index (Phi) is 5.71. The highest BCUT2D eigenvalue weighted by molar-refractivity contribution is 7.21. The third-order valence-corrected chi connectivity index (χ3v) is 6.23. The van der Waals surface area contributed by atoms with E-state index in [0.717, 1.165) is 38.3 Å². The summed E-state index contributed by atoms with van der Waals surface area (Å²) in [5.74, 6) is -0.0645. The average molecular weight is 438 g/mol. The molecule has 31 heavy (non-hydrogen) atoms. The second-order valence-electron chi connectivity index (χ2n) is 8.82. The zero-order valence-corrected chi connectivity index (χ0v) is 19.1. The van der Waals surface area contributed by atoms with Gasteiger partial charge in [-0.05, 0) is 68.1 Å². The van der Waals surface area contributed by atoms with E-state index >= 15 is 0 Å². The first-order valence-electron chi connectivity index (χ1n) is 10.4. The molecule has 7 heteroatoms. The number of benzene rings is 2. The van der Waals surface area contributed by atoms with Crippen LogP contribution < -0.4 is 5.32 Å². The topological polar surface area (TPSA) is 71.5 Å². The number of amides is 2. The van der Waals surface area contributed by atoms with Crippen molar-refractivity contribution >= 4 is 33.6 Å². The van der Waals surface area contributed by atoms with E-state index in [9.17, 15) is 9.59 Å². The number of thiazole rings is 1. The highest BCUT2D eigenvalue weighted by Crippen LogP contribution is 2.34. The number of ether oxygens (including phenoxy) is 1. The molecule has 0 atom stereocenters. The zero-order valence-electron chi connectivity index (χ0n) is 18.3. The molecule has 0 saturated carbocycles. The molecule has 2 aromatic carbocycles. The Morgan fingerprint density at radius 1 is 1.23 bits per heavy atom. The van der Waals surface area contributed by atoms with Gasteiger partial charge in [0.2, 0.25) is 5.91 Å². The summed E-state index contributed by atoms with van der Waals surface area (Å²) in [7, 11) is 0. The van der Waals surface area contributed by atoms with Gasteiger partial charge in [-0.2, -0.15) is 0 Å². The van der Waals surface area contributed by atoms with Crippen LogP contribution in [0.15, 0.2) is 36.4 Å². The van der Waals surface area contributed by atoms with Crippen molar-refractivity contribution in [2.45, 2.75) is 52.8 Å². The summed E-state index contributed by atoms with van der Waals surface area (Å²) in [4.78, 5) is 30.7. The number of nitrogens with one attached hydrogen (secondary N) is 1. The van der Waals surface area contributed by atoms with Crippen molar-refractivity contribution in [2.24, 2.45) is 0 Å².